The summed E-state index contributed by atoms with van der Waals surface area (Å²) in [6.45, 7) is 0. The lowest BCUT2D eigenvalue weighted by Gasteiger charge is -2.26. The Balaban J connectivity index is 0.996. The number of anilines is 3. The summed E-state index contributed by atoms with van der Waals surface area (Å²) in [5, 5.41) is 9.99. The van der Waals surface area contributed by atoms with E-state index in [1.54, 1.807) is 0 Å². The van der Waals surface area contributed by atoms with Crippen molar-refractivity contribution in [3.05, 3.63) is 261 Å². The van der Waals surface area contributed by atoms with Crippen molar-refractivity contribution in [3.8, 4) is 55.6 Å². The highest BCUT2D eigenvalue weighted by atomic mass is 15.1. The van der Waals surface area contributed by atoms with Gasteiger partial charge in [0.25, 0.3) is 0 Å². The molecule has 0 aliphatic rings. The zero-order valence-corrected chi connectivity index (χ0v) is 35.8. The molecule has 0 heterocycles. The molecule has 0 saturated carbocycles. The number of hydrogen-bond donors (Lipinski definition) is 0. The van der Waals surface area contributed by atoms with Crippen LogP contribution in [-0.2, 0) is 0 Å². The van der Waals surface area contributed by atoms with E-state index in [1.165, 1.54) is 93.2 Å². The first-order valence-corrected chi connectivity index (χ1v) is 22.4. The van der Waals surface area contributed by atoms with Crippen LogP contribution >= 0.6 is 0 Å². The molecular formula is C64H43N. The number of rotatable bonds is 8. The number of fused-ring (bicyclic) bond motifs is 5. The fourth-order valence-electron chi connectivity index (χ4n) is 9.80. The number of hydrogen-bond acceptors (Lipinski definition) is 1. The van der Waals surface area contributed by atoms with Crippen molar-refractivity contribution >= 4 is 60.2 Å². The standard InChI is InChI=1S/C64H43N/c1-3-16-48(17-4-1)63-61-25-12-11-24-59(61)60-39-34-55(43-62(60)64(63)49-18-5-2-6-19-49)52-22-13-23-58(42-52)65(56-35-30-46(31-36-56)53-28-26-44-14-7-9-20-50(44)40-53)57-37-32-47(33-38-57)54-29-27-45-15-8-10-21-51(45)41-54/h1-43H. The molecule has 1 nitrogen and oxygen atoms in total. The fraction of sp³-hybridized carbons (Fsp3) is 0. The Kier molecular flexibility index (Phi) is 9.58. The Bertz CT molecular complexity index is 3560. The molecule has 0 aliphatic heterocycles. The normalized spacial score (nSPS) is 11.4. The second kappa shape index (κ2) is 16.3. The third kappa shape index (κ3) is 7.10. The highest BCUT2D eigenvalue weighted by molar-refractivity contribution is 6.22. The van der Waals surface area contributed by atoms with E-state index < -0.39 is 0 Å². The van der Waals surface area contributed by atoms with Gasteiger partial charge in [-0.3, -0.25) is 0 Å². The van der Waals surface area contributed by atoms with E-state index in [0.717, 1.165) is 22.6 Å². The summed E-state index contributed by atoms with van der Waals surface area (Å²) < 4.78 is 0. The van der Waals surface area contributed by atoms with E-state index in [4.69, 9.17) is 0 Å². The molecule has 0 atom stereocenters. The molecule has 304 valence electrons. The molecule has 65 heavy (non-hydrogen) atoms. The molecule has 12 aromatic rings. The maximum atomic E-state index is 2.41. The summed E-state index contributed by atoms with van der Waals surface area (Å²) in [7, 11) is 0. The zero-order valence-electron chi connectivity index (χ0n) is 35.8. The molecule has 0 fully saturated rings. The monoisotopic (exact) mass is 825 g/mol. The Morgan fingerprint density at radius 2 is 0.585 bits per heavy atom. The minimum Gasteiger partial charge on any atom is -0.310 e. The lowest BCUT2D eigenvalue weighted by atomic mass is 9.84. The van der Waals surface area contributed by atoms with Gasteiger partial charge in [-0.1, -0.05) is 206 Å². The maximum Gasteiger partial charge on any atom is 0.0467 e. The topological polar surface area (TPSA) is 3.24 Å². The summed E-state index contributed by atoms with van der Waals surface area (Å²) >= 11 is 0. The van der Waals surface area contributed by atoms with Gasteiger partial charge in [0.2, 0.25) is 0 Å². The first-order valence-electron chi connectivity index (χ1n) is 22.4. The van der Waals surface area contributed by atoms with E-state index >= 15 is 0 Å². The van der Waals surface area contributed by atoms with Gasteiger partial charge < -0.3 is 4.90 Å². The van der Waals surface area contributed by atoms with Crippen molar-refractivity contribution in [2.45, 2.75) is 0 Å². The molecule has 0 aliphatic carbocycles. The van der Waals surface area contributed by atoms with Crippen LogP contribution in [0.15, 0.2) is 261 Å². The predicted molar refractivity (Wildman–Crippen MR) is 278 cm³/mol. The van der Waals surface area contributed by atoms with Gasteiger partial charge in [0.05, 0.1) is 0 Å². The van der Waals surface area contributed by atoms with Crippen LogP contribution in [-0.4, -0.2) is 0 Å². The summed E-state index contributed by atoms with van der Waals surface area (Å²) in [4.78, 5) is 2.38. The molecule has 0 spiro atoms. The first kappa shape index (κ1) is 38.2. The lowest BCUT2D eigenvalue weighted by molar-refractivity contribution is 1.28. The van der Waals surface area contributed by atoms with Crippen LogP contribution in [0.1, 0.15) is 0 Å². The minimum atomic E-state index is 1.09. The van der Waals surface area contributed by atoms with Gasteiger partial charge in [0, 0.05) is 17.1 Å². The Morgan fingerprint density at radius 3 is 1.15 bits per heavy atom. The number of benzene rings is 12. The van der Waals surface area contributed by atoms with Crippen LogP contribution in [0.5, 0.6) is 0 Å². The molecule has 0 amide bonds. The molecular weight excluding hydrogens is 783 g/mol. The minimum absolute atomic E-state index is 1.09. The Morgan fingerprint density at radius 1 is 0.185 bits per heavy atom. The van der Waals surface area contributed by atoms with Gasteiger partial charge in [0.1, 0.15) is 0 Å². The van der Waals surface area contributed by atoms with Crippen molar-refractivity contribution in [1.29, 1.82) is 0 Å². The van der Waals surface area contributed by atoms with Crippen molar-refractivity contribution in [2.24, 2.45) is 0 Å². The van der Waals surface area contributed by atoms with Crippen LogP contribution in [0.25, 0.3) is 98.7 Å². The van der Waals surface area contributed by atoms with Crippen LogP contribution in [0.3, 0.4) is 0 Å². The van der Waals surface area contributed by atoms with Gasteiger partial charge in [0.15, 0.2) is 0 Å². The Hall–Kier alpha value is -8.52. The zero-order chi connectivity index (χ0) is 43.1. The molecule has 0 saturated heterocycles. The maximum absolute atomic E-state index is 2.41. The van der Waals surface area contributed by atoms with Gasteiger partial charge in [-0.25, -0.2) is 0 Å². The molecule has 0 radical (unpaired) electrons. The average molecular weight is 826 g/mol. The largest absolute Gasteiger partial charge is 0.310 e. The molecule has 1 heteroatoms. The third-order valence-electron chi connectivity index (χ3n) is 13.0. The summed E-state index contributed by atoms with van der Waals surface area (Å²) in [5.74, 6) is 0. The second-order valence-corrected chi connectivity index (χ2v) is 16.9. The molecule has 0 unspecified atom stereocenters. The predicted octanol–water partition coefficient (Wildman–Crippen LogP) is 18.1. The highest BCUT2D eigenvalue weighted by Crippen LogP contribution is 2.46. The smallest absolute Gasteiger partial charge is 0.0467 e. The van der Waals surface area contributed by atoms with Crippen molar-refractivity contribution < 1.29 is 0 Å². The molecule has 0 bridgehead atoms. The molecule has 12 rings (SSSR count). The van der Waals surface area contributed by atoms with Crippen LogP contribution < -0.4 is 4.90 Å². The van der Waals surface area contributed by atoms with Gasteiger partial charge in [-0.15, -0.1) is 0 Å². The average Bonchev–Trinajstić information content (AvgIpc) is 3.39. The Labute approximate surface area is 379 Å². The first-order chi connectivity index (χ1) is 32.2. The second-order valence-electron chi connectivity index (χ2n) is 16.9. The van der Waals surface area contributed by atoms with Gasteiger partial charge in [-0.05, 0) is 153 Å². The quantitative estimate of drug-likeness (QED) is 0.138. The lowest BCUT2D eigenvalue weighted by Crippen LogP contribution is -2.10. The summed E-state index contributed by atoms with van der Waals surface area (Å²) in [6, 6.07) is 95.3. The molecule has 0 aromatic heterocycles. The van der Waals surface area contributed by atoms with Crippen molar-refractivity contribution in [3.63, 3.8) is 0 Å². The number of nitrogens with zero attached hydrogens (tertiary/aromatic N) is 1. The molecule has 12 aromatic carbocycles. The van der Waals surface area contributed by atoms with E-state index in [1.807, 2.05) is 0 Å². The third-order valence-corrected chi connectivity index (χ3v) is 13.0. The fourth-order valence-corrected chi connectivity index (χ4v) is 9.80. The van der Waals surface area contributed by atoms with Crippen molar-refractivity contribution in [2.75, 3.05) is 4.90 Å². The van der Waals surface area contributed by atoms with Crippen LogP contribution in [0, 0.1) is 0 Å². The van der Waals surface area contributed by atoms with Crippen LogP contribution in [0.4, 0.5) is 17.1 Å². The van der Waals surface area contributed by atoms with Crippen LogP contribution in [0.2, 0.25) is 0 Å². The van der Waals surface area contributed by atoms with Crippen molar-refractivity contribution in [1.82, 2.24) is 0 Å². The highest BCUT2D eigenvalue weighted by Gasteiger charge is 2.19. The molecule has 0 N–H and O–H groups in total. The van der Waals surface area contributed by atoms with Gasteiger partial charge >= 0.3 is 0 Å². The van der Waals surface area contributed by atoms with E-state index in [2.05, 4.69) is 266 Å². The van der Waals surface area contributed by atoms with Gasteiger partial charge in [-0.2, -0.15) is 0 Å². The van der Waals surface area contributed by atoms with E-state index in [0.29, 0.717) is 0 Å². The van der Waals surface area contributed by atoms with E-state index in [-0.39, 0.29) is 0 Å². The summed E-state index contributed by atoms with van der Waals surface area (Å²) in [5.41, 5.74) is 15.3. The SMILES string of the molecule is c1ccc(-c2c(-c3ccccc3)c3cc(-c4cccc(N(c5ccc(-c6ccc7ccccc7c6)cc5)c5ccc(-c6ccc7ccccc7c6)cc5)c4)ccc3c3ccccc23)cc1. The summed E-state index contributed by atoms with van der Waals surface area (Å²) in [6.07, 6.45) is 0. The van der Waals surface area contributed by atoms with E-state index in [9.17, 15) is 0 Å².